The molecule has 2 aromatic rings. The number of hydrogen-bond donors (Lipinski definition) is 0. The minimum Gasteiger partial charge on any atom is -0.113 e. The summed E-state index contributed by atoms with van der Waals surface area (Å²) in [6, 6.07) is 17.0. The van der Waals surface area contributed by atoms with Crippen LogP contribution in [0.2, 0.25) is 0 Å². The Kier molecular flexibility index (Phi) is 4.57. The Bertz CT molecular complexity index is 552. The summed E-state index contributed by atoms with van der Waals surface area (Å²) < 4.78 is 1.21. The first-order valence-corrected chi connectivity index (χ1v) is 7.89. The molecule has 0 amide bonds. The molecule has 1 atom stereocenters. The second-order valence-corrected chi connectivity index (χ2v) is 7.47. The lowest BCUT2D eigenvalue weighted by Gasteiger charge is -2.20. The third-order valence-corrected chi connectivity index (χ3v) is 4.39. The van der Waals surface area contributed by atoms with E-state index in [4.69, 9.17) is 11.6 Å². The molecular formula is C17H18ClI. The highest BCUT2D eigenvalue weighted by Crippen LogP contribution is 2.31. The van der Waals surface area contributed by atoms with Gasteiger partial charge in [-0.05, 0) is 56.8 Å². The zero-order chi connectivity index (χ0) is 14.0. The van der Waals surface area contributed by atoms with Gasteiger partial charge in [-0.25, -0.2) is 0 Å². The van der Waals surface area contributed by atoms with Crippen LogP contribution in [-0.2, 0) is 5.41 Å². The number of halogens is 2. The second-order valence-electron chi connectivity index (χ2n) is 5.79. The minimum absolute atomic E-state index is 0.0799. The standard InChI is InChI=1S/C17H18ClI/c1-17(2,3)14-9-7-12(8-10-14)16(18)13-5-4-6-15(19)11-13/h4-11,16H,1-3H3. The lowest BCUT2D eigenvalue weighted by atomic mass is 9.86. The summed E-state index contributed by atoms with van der Waals surface area (Å²) in [5.41, 5.74) is 3.82. The zero-order valence-corrected chi connectivity index (χ0v) is 14.4. The van der Waals surface area contributed by atoms with E-state index < -0.39 is 0 Å². The molecule has 0 aliphatic heterocycles. The molecule has 100 valence electrons. The third kappa shape index (κ3) is 3.73. The van der Waals surface area contributed by atoms with Crippen LogP contribution < -0.4 is 0 Å². The van der Waals surface area contributed by atoms with Crippen molar-refractivity contribution >= 4 is 34.2 Å². The molecule has 0 radical (unpaired) electrons. The maximum Gasteiger partial charge on any atom is 0.0835 e. The topological polar surface area (TPSA) is 0 Å². The Morgan fingerprint density at radius 1 is 0.947 bits per heavy atom. The Labute approximate surface area is 134 Å². The summed E-state index contributed by atoms with van der Waals surface area (Å²) >= 11 is 8.88. The van der Waals surface area contributed by atoms with Crippen molar-refractivity contribution in [1.29, 1.82) is 0 Å². The van der Waals surface area contributed by atoms with E-state index in [0.29, 0.717) is 0 Å². The van der Waals surface area contributed by atoms with Gasteiger partial charge >= 0.3 is 0 Å². The first kappa shape index (κ1) is 14.9. The van der Waals surface area contributed by atoms with Crippen LogP contribution in [0.15, 0.2) is 48.5 Å². The number of hydrogen-bond acceptors (Lipinski definition) is 0. The van der Waals surface area contributed by atoms with E-state index in [1.807, 2.05) is 0 Å². The molecule has 0 aliphatic rings. The molecule has 2 heteroatoms. The molecule has 0 aliphatic carbocycles. The van der Waals surface area contributed by atoms with Gasteiger partial charge in [0.05, 0.1) is 5.38 Å². The lowest BCUT2D eigenvalue weighted by molar-refractivity contribution is 0.590. The van der Waals surface area contributed by atoms with Gasteiger partial charge in [0.15, 0.2) is 0 Å². The molecule has 0 saturated carbocycles. The van der Waals surface area contributed by atoms with Gasteiger partial charge in [-0.3, -0.25) is 0 Å². The molecule has 0 nitrogen and oxygen atoms in total. The Balaban J connectivity index is 2.27. The van der Waals surface area contributed by atoms with E-state index in [-0.39, 0.29) is 10.8 Å². The second kappa shape index (κ2) is 5.84. The van der Waals surface area contributed by atoms with Crippen molar-refractivity contribution in [3.8, 4) is 0 Å². The normalized spacial score (nSPS) is 13.3. The first-order valence-electron chi connectivity index (χ1n) is 6.38. The molecule has 0 spiro atoms. The summed E-state index contributed by atoms with van der Waals surface area (Å²) in [5.74, 6) is 0. The SMILES string of the molecule is CC(C)(C)c1ccc(C(Cl)c2cccc(I)c2)cc1. The van der Waals surface area contributed by atoms with Gasteiger partial charge in [0.1, 0.15) is 0 Å². The molecule has 2 rings (SSSR count). The molecule has 0 heterocycles. The van der Waals surface area contributed by atoms with Crippen LogP contribution >= 0.6 is 34.2 Å². The number of alkyl halides is 1. The van der Waals surface area contributed by atoms with Crippen LogP contribution in [0.3, 0.4) is 0 Å². The molecule has 1 unspecified atom stereocenters. The first-order chi connectivity index (χ1) is 8.88. The predicted molar refractivity (Wildman–Crippen MR) is 92.0 cm³/mol. The van der Waals surface area contributed by atoms with Gasteiger partial charge < -0.3 is 0 Å². The zero-order valence-electron chi connectivity index (χ0n) is 11.5. The Morgan fingerprint density at radius 2 is 1.58 bits per heavy atom. The van der Waals surface area contributed by atoms with Crippen molar-refractivity contribution < 1.29 is 0 Å². The summed E-state index contributed by atoms with van der Waals surface area (Å²) in [7, 11) is 0. The molecule has 2 aromatic carbocycles. The van der Waals surface area contributed by atoms with Gasteiger partial charge in [-0.1, -0.05) is 57.2 Å². The average Bonchev–Trinajstić information content (AvgIpc) is 2.37. The number of rotatable bonds is 2. The van der Waals surface area contributed by atoms with Crippen LogP contribution in [0.1, 0.15) is 42.8 Å². The molecule has 19 heavy (non-hydrogen) atoms. The summed E-state index contributed by atoms with van der Waals surface area (Å²) in [5, 5.41) is -0.0799. The monoisotopic (exact) mass is 384 g/mol. The van der Waals surface area contributed by atoms with Gasteiger partial charge in [-0.2, -0.15) is 0 Å². The minimum atomic E-state index is -0.0799. The van der Waals surface area contributed by atoms with E-state index in [9.17, 15) is 0 Å². The van der Waals surface area contributed by atoms with Gasteiger partial charge in [0.2, 0.25) is 0 Å². The van der Waals surface area contributed by atoms with Crippen molar-refractivity contribution in [3.05, 3.63) is 68.8 Å². The highest BCUT2D eigenvalue weighted by atomic mass is 127. The van der Waals surface area contributed by atoms with Crippen LogP contribution in [-0.4, -0.2) is 0 Å². The summed E-state index contributed by atoms with van der Waals surface area (Å²) in [6.45, 7) is 6.67. The maximum atomic E-state index is 6.57. The lowest BCUT2D eigenvalue weighted by Crippen LogP contribution is -2.10. The smallest absolute Gasteiger partial charge is 0.0835 e. The summed E-state index contributed by atoms with van der Waals surface area (Å²) in [6.07, 6.45) is 0. The van der Waals surface area contributed by atoms with Crippen LogP contribution in [0, 0.1) is 3.57 Å². The Hall–Kier alpha value is -0.540. The fraction of sp³-hybridized carbons (Fsp3) is 0.294. The van der Waals surface area contributed by atoms with E-state index in [1.165, 1.54) is 9.13 Å². The molecule has 0 bridgehead atoms. The van der Waals surface area contributed by atoms with E-state index in [1.54, 1.807) is 0 Å². The third-order valence-electron chi connectivity index (χ3n) is 3.21. The highest BCUT2D eigenvalue weighted by molar-refractivity contribution is 14.1. The Morgan fingerprint density at radius 3 is 2.11 bits per heavy atom. The van der Waals surface area contributed by atoms with Crippen molar-refractivity contribution in [2.75, 3.05) is 0 Å². The largest absolute Gasteiger partial charge is 0.113 e. The van der Waals surface area contributed by atoms with E-state index >= 15 is 0 Å². The number of benzene rings is 2. The van der Waals surface area contributed by atoms with Gasteiger partial charge in [0.25, 0.3) is 0 Å². The molecular weight excluding hydrogens is 367 g/mol. The molecule has 0 N–H and O–H groups in total. The van der Waals surface area contributed by atoms with Gasteiger partial charge in [0, 0.05) is 3.57 Å². The van der Waals surface area contributed by atoms with Crippen molar-refractivity contribution in [2.24, 2.45) is 0 Å². The van der Waals surface area contributed by atoms with Crippen LogP contribution in [0.4, 0.5) is 0 Å². The average molecular weight is 385 g/mol. The van der Waals surface area contributed by atoms with E-state index in [2.05, 4.69) is 91.9 Å². The van der Waals surface area contributed by atoms with Gasteiger partial charge in [-0.15, -0.1) is 11.6 Å². The fourth-order valence-electron chi connectivity index (χ4n) is 2.01. The highest BCUT2D eigenvalue weighted by Gasteiger charge is 2.15. The predicted octanol–water partition coefficient (Wildman–Crippen LogP) is 5.92. The molecule has 0 saturated heterocycles. The van der Waals surface area contributed by atoms with Crippen molar-refractivity contribution in [1.82, 2.24) is 0 Å². The maximum absolute atomic E-state index is 6.57. The van der Waals surface area contributed by atoms with Crippen molar-refractivity contribution in [2.45, 2.75) is 31.6 Å². The summed E-state index contributed by atoms with van der Waals surface area (Å²) in [4.78, 5) is 0. The van der Waals surface area contributed by atoms with Crippen LogP contribution in [0.5, 0.6) is 0 Å². The quantitative estimate of drug-likeness (QED) is 0.445. The fourth-order valence-corrected chi connectivity index (χ4v) is 2.86. The molecule has 0 aromatic heterocycles. The van der Waals surface area contributed by atoms with E-state index in [0.717, 1.165) is 11.1 Å². The molecule has 0 fully saturated rings. The van der Waals surface area contributed by atoms with Crippen LogP contribution in [0.25, 0.3) is 0 Å². The van der Waals surface area contributed by atoms with Crippen molar-refractivity contribution in [3.63, 3.8) is 0 Å².